The van der Waals surface area contributed by atoms with Crippen LogP contribution in [0.1, 0.15) is 34.9 Å². The summed E-state index contributed by atoms with van der Waals surface area (Å²) >= 11 is 0. The van der Waals surface area contributed by atoms with Crippen molar-refractivity contribution < 1.29 is 22.7 Å². The van der Waals surface area contributed by atoms with Gasteiger partial charge < -0.3 is 10.5 Å². The SMILES string of the molecule is COc1ccc(-n2nnnc2C(F)(F)F)cc1CN1C[C@@H]2C[C@H](C(N)=O)CN2[C@H](C(c2ccccc2)c2ccccc2)C1.Cl.Cl. The van der Waals surface area contributed by atoms with Crippen LogP contribution in [-0.2, 0) is 17.5 Å². The molecule has 2 aliphatic rings. The van der Waals surface area contributed by atoms with E-state index in [0.717, 1.165) is 0 Å². The number of nitrogens with two attached hydrogens (primary N) is 1. The van der Waals surface area contributed by atoms with Gasteiger partial charge in [-0.05, 0) is 46.2 Å². The number of benzene rings is 3. The van der Waals surface area contributed by atoms with Crippen molar-refractivity contribution in [3.8, 4) is 11.4 Å². The van der Waals surface area contributed by atoms with Crippen molar-refractivity contribution in [2.45, 2.75) is 37.1 Å². The molecule has 0 spiro atoms. The number of hydrogen-bond acceptors (Lipinski definition) is 7. The van der Waals surface area contributed by atoms with Gasteiger partial charge in [-0.3, -0.25) is 14.6 Å². The minimum atomic E-state index is -4.71. The number of hydrogen-bond donors (Lipinski definition) is 1. The van der Waals surface area contributed by atoms with Crippen molar-refractivity contribution in [2.24, 2.45) is 11.7 Å². The second-order valence-corrected chi connectivity index (χ2v) is 11.2. The molecule has 14 heteroatoms. The summed E-state index contributed by atoms with van der Waals surface area (Å²) in [7, 11) is 1.53. The molecule has 3 aromatic carbocycles. The molecule has 1 amide bonds. The van der Waals surface area contributed by atoms with E-state index in [4.69, 9.17) is 10.5 Å². The summed E-state index contributed by atoms with van der Waals surface area (Å²) in [5.41, 5.74) is 9.03. The predicted molar refractivity (Wildman–Crippen MR) is 167 cm³/mol. The van der Waals surface area contributed by atoms with Crippen molar-refractivity contribution in [1.82, 2.24) is 30.0 Å². The molecule has 3 heterocycles. The van der Waals surface area contributed by atoms with Gasteiger partial charge in [0.25, 0.3) is 5.82 Å². The van der Waals surface area contributed by atoms with Gasteiger partial charge in [-0.15, -0.1) is 29.9 Å². The molecule has 0 unspecified atom stereocenters. The minimum absolute atomic E-state index is 0. The molecule has 0 saturated carbocycles. The van der Waals surface area contributed by atoms with Crippen LogP contribution in [0.5, 0.6) is 5.75 Å². The number of piperazine rings is 1. The van der Waals surface area contributed by atoms with Crippen molar-refractivity contribution in [3.05, 3.63) is 101 Å². The number of carbonyl (C=O) groups excluding carboxylic acids is 1. The lowest BCUT2D eigenvalue weighted by atomic mass is 9.82. The zero-order chi connectivity index (χ0) is 30.1. The number of methoxy groups -OCH3 is 1. The predicted octanol–water partition coefficient (Wildman–Crippen LogP) is 4.73. The second-order valence-electron chi connectivity index (χ2n) is 11.2. The summed E-state index contributed by atoms with van der Waals surface area (Å²) in [6, 6.07) is 25.5. The summed E-state index contributed by atoms with van der Waals surface area (Å²) in [6.45, 7) is 2.33. The first-order chi connectivity index (χ1) is 20.7. The molecular formula is C31H34Cl2F3N7O2. The number of alkyl halides is 3. The highest BCUT2D eigenvalue weighted by Crippen LogP contribution is 2.40. The van der Waals surface area contributed by atoms with Gasteiger partial charge in [0.05, 0.1) is 18.7 Å². The quantitative estimate of drug-likeness (QED) is 0.291. The third-order valence-corrected chi connectivity index (χ3v) is 8.53. The fourth-order valence-corrected chi connectivity index (χ4v) is 6.66. The summed E-state index contributed by atoms with van der Waals surface area (Å²) < 4.78 is 47.0. The highest BCUT2D eigenvalue weighted by atomic mass is 35.5. The lowest BCUT2D eigenvalue weighted by Gasteiger charge is -2.47. The van der Waals surface area contributed by atoms with E-state index < -0.39 is 12.0 Å². The first kappa shape index (κ1) is 34.2. The Morgan fingerprint density at radius 2 is 1.62 bits per heavy atom. The number of aromatic nitrogens is 4. The number of nitrogens with zero attached hydrogens (tertiary/aromatic N) is 6. The zero-order valence-electron chi connectivity index (χ0n) is 24.4. The number of ether oxygens (including phenoxy) is 1. The van der Waals surface area contributed by atoms with Crippen molar-refractivity contribution >= 4 is 30.7 Å². The minimum Gasteiger partial charge on any atom is -0.496 e. The maximum atomic E-state index is 13.6. The van der Waals surface area contributed by atoms with Crippen LogP contribution in [0.25, 0.3) is 5.69 Å². The maximum Gasteiger partial charge on any atom is 0.453 e. The summed E-state index contributed by atoms with van der Waals surface area (Å²) in [5, 5.41) is 10.0. The number of primary amides is 1. The van der Waals surface area contributed by atoms with Gasteiger partial charge in [0.1, 0.15) is 5.75 Å². The van der Waals surface area contributed by atoms with Gasteiger partial charge in [-0.25, -0.2) is 0 Å². The molecule has 9 nitrogen and oxygen atoms in total. The average Bonchev–Trinajstić information content (AvgIpc) is 3.67. The number of carbonyl (C=O) groups is 1. The van der Waals surface area contributed by atoms with Crippen LogP contribution >= 0.6 is 24.8 Å². The van der Waals surface area contributed by atoms with Crippen LogP contribution < -0.4 is 10.5 Å². The van der Waals surface area contributed by atoms with Crippen molar-refractivity contribution in [2.75, 3.05) is 26.7 Å². The van der Waals surface area contributed by atoms with E-state index in [1.807, 2.05) is 36.4 Å². The first-order valence-electron chi connectivity index (χ1n) is 14.1. The van der Waals surface area contributed by atoms with Gasteiger partial charge in [0.2, 0.25) is 5.91 Å². The van der Waals surface area contributed by atoms with Gasteiger partial charge in [-0.1, -0.05) is 60.7 Å². The lowest BCUT2D eigenvalue weighted by Crippen LogP contribution is -2.58. The van der Waals surface area contributed by atoms with E-state index in [9.17, 15) is 18.0 Å². The standard InChI is InChI=1S/C31H32F3N7O2.2ClH/c1-43-27-13-12-24(41-30(31(32,33)34)36-37-38-41)14-22(27)16-39-18-25-15-23(29(35)42)17-40(25)26(19-39)28(20-8-4-2-5-9-20)21-10-6-3-7-11-21;;/h2-14,23,25-26,28H,15-19H2,1H3,(H2,35,42);2*1H/t23-,25-,26-;;/m0../s1. The Balaban J connectivity index is 0.00000230. The Hall–Kier alpha value is -3.71. The zero-order valence-corrected chi connectivity index (χ0v) is 26.0. The summed E-state index contributed by atoms with van der Waals surface area (Å²) in [6.07, 6.45) is -4.06. The fourth-order valence-electron chi connectivity index (χ4n) is 6.66. The molecule has 6 rings (SSSR count). The average molecular weight is 665 g/mol. The molecular weight excluding hydrogens is 630 g/mol. The van der Waals surface area contributed by atoms with Crippen LogP contribution in [0.3, 0.4) is 0 Å². The summed E-state index contributed by atoms with van der Waals surface area (Å²) in [4.78, 5) is 17.1. The van der Waals surface area contributed by atoms with Gasteiger partial charge >= 0.3 is 6.18 Å². The largest absolute Gasteiger partial charge is 0.496 e. The van der Waals surface area contributed by atoms with Crippen LogP contribution in [-0.4, -0.2) is 74.7 Å². The molecule has 2 aliphatic heterocycles. The molecule has 4 aromatic rings. The monoisotopic (exact) mass is 663 g/mol. The van der Waals surface area contributed by atoms with E-state index in [0.29, 0.717) is 48.6 Å². The Kier molecular flexibility index (Phi) is 10.7. The summed E-state index contributed by atoms with van der Waals surface area (Å²) in [5.74, 6) is -1.18. The number of amides is 1. The highest BCUT2D eigenvalue weighted by molar-refractivity contribution is 5.85. The molecule has 2 N–H and O–H groups in total. The molecule has 1 aromatic heterocycles. The van der Waals surface area contributed by atoms with Gasteiger partial charge in [0.15, 0.2) is 0 Å². The molecule has 240 valence electrons. The fraction of sp³-hybridized carbons (Fsp3) is 0.355. The van der Waals surface area contributed by atoms with Crippen molar-refractivity contribution in [3.63, 3.8) is 0 Å². The smallest absolute Gasteiger partial charge is 0.453 e. The van der Waals surface area contributed by atoms with Crippen LogP contribution in [0.2, 0.25) is 0 Å². The first-order valence-corrected chi connectivity index (χ1v) is 14.1. The Morgan fingerprint density at radius 3 is 2.20 bits per heavy atom. The van der Waals surface area contributed by atoms with E-state index in [1.54, 1.807) is 12.1 Å². The molecule has 2 saturated heterocycles. The van der Waals surface area contributed by atoms with Crippen LogP contribution in [0, 0.1) is 5.92 Å². The number of rotatable bonds is 8. The third-order valence-electron chi connectivity index (χ3n) is 8.53. The molecule has 2 fully saturated rings. The lowest BCUT2D eigenvalue weighted by molar-refractivity contribution is -0.146. The van der Waals surface area contributed by atoms with E-state index in [-0.39, 0.29) is 60.3 Å². The van der Waals surface area contributed by atoms with Crippen molar-refractivity contribution in [1.29, 1.82) is 0 Å². The molecule has 45 heavy (non-hydrogen) atoms. The number of tetrazole rings is 1. The van der Waals surface area contributed by atoms with Gasteiger partial charge in [-0.2, -0.15) is 17.9 Å². The molecule has 0 radical (unpaired) electrons. The molecule has 0 bridgehead atoms. The Labute approximate surface area is 271 Å². The number of fused-ring (bicyclic) bond motifs is 1. The van der Waals surface area contributed by atoms with E-state index in [2.05, 4.69) is 49.6 Å². The second kappa shape index (κ2) is 14.2. The van der Waals surface area contributed by atoms with Gasteiger partial charge in [0, 0.05) is 49.7 Å². The molecule has 0 aliphatic carbocycles. The number of halogens is 5. The van der Waals surface area contributed by atoms with E-state index in [1.165, 1.54) is 24.3 Å². The van der Waals surface area contributed by atoms with Crippen LogP contribution in [0.15, 0.2) is 78.9 Å². The van der Waals surface area contributed by atoms with E-state index >= 15 is 0 Å². The Morgan fingerprint density at radius 1 is 0.978 bits per heavy atom. The Bertz CT molecular complexity index is 1540. The molecule has 3 atom stereocenters. The van der Waals surface area contributed by atoms with Crippen LogP contribution in [0.4, 0.5) is 13.2 Å². The topological polar surface area (TPSA) is 102 Å². The maximum absolute atomic E-state index is 13.6. The third kappa shape index (κ3) is 7.09. The normalized spacial score (nSPS) is 20.2. The highest BCUT2D eigenvalue weighted by Gasteiger charge is 2.46.